The molecule has 0 radical (unpaired) electrons. The molecule has 2 aromatic carbocycles. The number of methoxy groups -OCH3 is 2. The van der Waals surface area contributed by atoms with E-state index in [0.29, 0.717) is 40.7 Å². The Balaban J connectivity index is 1.86. The van der Waals surface area contributed by atoms with Crippen LogP contribution in [0.15, 0.2) is 35.3 Å². The van der Waals surface area contributed by atoms with Gasteiger partial charge in [-0.25, -0.2) is 9.79 Å². The van der Waals surface area contributed by atoms with Crippen molar-refractivity contribution in [1.82, 2.24) is 4.90 Å². The van der Waals surface area contributed by atoms with E-state index >= 15 is 0 Å². The monoisotopic (exact) mass is 338 g/mol. The van der Waals surface area contributed by atoms with Gasteiger partial charge in [0.15, 0.2) is 11.5 Å². The first-order chi connectivity index (χ1) is 12.0. The van der Waals surface area contributed by atoms with Gasteiger partial charge < -0.3 is 14.6 Å². The van der Waals surface area contributed by atoms with E-state index in [1.54, 1.807) is 37.3 Å². The Bertz CT molecular complexity index is 964. The van der Waals surface area contributed by atoms with E-state index in [1.807, 2.05) is 0 Å². The van der Waals surface area contributed by atoms with Crippen LogP contribution in [0.3, 0.4) is 0 Å². The number of benzene rings is 2. The number of ether oxygens (including phenoxy) is 2. The molecule has 2 aliphatic heterocycles. The molecule has 2 heterocycles. The third kappa shape index (κ3) is 2.16. The smallest absolute Gasteiger partial charge is 0.335 e. The quantitative estimate of drug-likeness (QED) is 0.929. The molecular weight excluding hydrogens is 324 g/mol. The molecule has 126 valence electrons. The van der Waals surface area contributed by atoms with Gasteiger partial charge in [-0.2, -0.15) is 0 Å². The molecule has 0 saturated carbocycles. The Kier molecular flexibility index (Phi) is 3.24. The Morgan fingerprint density at radius 1 is 1.12 bits per heavy atom. The Hall–Kier alpha value is -3.35. The molecule has 2 aliphatic rings. The number of carbonyl (C=O) groups excluding carboxylic acids is 1. The topological polar surface area (TPSA) is 88.4 Å². The van der Waals surface area contributed by atoms with E-state index in [9.17, 15) is 9.59 Å². The second-order valence-electron chi connectivity index (χ2n) is 5.73. The first kappa shape index (κ1) is 15.2. The maximum absolute atomic E-state index is 12.7. The third-order valence-electron chi connectivity index (χ3n) is 4.38. The summed E-state index contributed by atoms with van der Waals surface area (Å²) in [5, 5.41) is 9.14. The molecule has 2 aromatic rings. The van der Waals surface area contributed by atoms with Crippen molar-refractivity contribution in [3.63, 3.8) is 0 Å². The number of nitrogens with zero attached hydrogens (tertiary/aromatic N) is 2. The average molecular weight is 338 g/mol. The van der Waals surface area contributed by atoms with Crippen LogP contribution in [0.25, 0.3) is 0 Å². The van der Waals surface area contributed by atoms with E-state index in [1.165, 1.54) is 12.1 Å². The van der Waals surface area contributed by atoms with Crippen LogP contribution < -0.4 is 9.47 Å². The number of rotatable bonds is 3. The minimum atomic E-state index is -1.07. The molecular formula is C18H14N2O5. The van der Waals surface area contributed by atoms with Crippen molar-refractivity contribution in [2.45, 2.75) is 6.54 Å². The standard InChI is InChI=1S/C18H14N2O5/c1-24-14-6-10-8-20-16(19-13(10)7-15(14)25-2)11-4-3-9(18(22)23)5-12(11)17(20)21/h3-7H,8H2,1-2H3,(H,22,23). The van der Waals surface area contributed by atoms with Crippen LogP contribution in [0.2, 0.25) is 0 Å². The highest BCUT2D eigenvalue weighted by molar-refractivity contribution is 6.24. The van der Waals surface area contributed by atoms with Gasteiger partial charge in [-0.3, -0.25) is 9.69 Å². The lowest BCUT2D eigenvalue weighted by atomic mass is 10.1. The predicted octanol–water partition coefficient (Wildman–Crippen LogP) is 2.45. The lowest BCUT2D eigenvalue weighted by Crippen LogP contribution is -2.31. The Morgan fingerprint density at radius 3 is 2.52 bits per heavy atom. The molecule has 0 bridgehead atoms. The predicted molar refractivity (Wildman–Crippen MR) is 89.0 cm³/mol. The summed E-state index contributed by atoms with van der Waals surface area (Å²) in [6.07, 6.45) is 0. The van der Waals surface area contributed by atoms with Crippen LogP contribution >= 0.6 is 0 Å². The van der Waals surface area contributed by atoms with Crippen molar-refractivity contribution in [1.29, 1.82) is 0 Å². The molecule has 0 saturated heterocycles. The van der Waals surface area contributed by atoms with E-state index in [2.05, 4.69) is 4.99 Å². The number of aromatic carboxylic acids is 1. The zero-order valence-electron chi connectivity index (χ0n) is 13.6. The van der Waals surface area contributed by atoms with Crippen molar-refractivity contribution < 1.29 is 24.2 Å². The molecule has 0 spiro atoms. The molecule has 0 atom stereocenters. The van der Waals surface area contributed by atoms with Gasteiger partial charge in [0, 0.05) is 17.2 Å². The maximum atomic E-state index is 12.7. The highest BCUT2D eigenvalue weighted by atomic mass is 16.5. The first-order valence-electron chi connectivity index (χ1n) is 7.56. The Morgan fingerprint density at radius 2 is 1.84 bits per heavy atom. The van der Waals surface area contributed by atoms with Crippen molar-refractivity contribution >= 4 is 23.4 Å². The fraction of sp³-hybridized carbons (Fsp3) is 0.167. The highest BCUT2D eigenvalue weighted by Gasteiger charge is 2.37. The second kappa shape index (κ2) is 5.34. The van der Waals surface area contributed by atoms with E-state index in [0.717, 1.165) is 5.56 Å². The van der Waals surface area contributed by atoms with Gasteiger partial charge in [-0.1, -0.05) is 0 Å². The van der Waals surface area contributed by atoms with Crippen LogP contribution in [-0.2, 0) is 6.54 Å². The highest BCUT2D eigenvalue weighted by Crippen LogP contribution is 2.40. The minimum Gasteiger partial charge on any atom is -0.493 e. The summed E-state index contributed by atoms with van der Waals surface area (Å²) in [6, 6.07) is 8.07. The van der Waals surface area contributed by atoms with Gasteiger partial charge in [0.1, 0.15) is 5.84 Å². The normalized spacial score (nSPS) is 14.4. The average Bonchev–Trinajstić information content (AvgIpc) is 2.90. The third-order valence-corrected chi connectivity index (χ3v) is 4.38. The fourth-order valence-electron chi connectivity index (χ4n) is 3.13. The van der Waals surface area contributed by atoms with Gasteiger partial charge in [-0.15, -0.1) is 0 Å². The van der Waals surface area contributed by atoms with Gasteiger partial charge >= 0.3 is 5.97 Å². The number of fused-ring (bicyclic) bond motifs is 4. The number of aliphatic imine (C=N–C) groups is 1. The fourth-order valence-corrected chi connectivity index (χ4v) is 3.13. The molecule has 1 amide bonds. The summed E-state index contributed by atoms with van der Waals surface area (Å²) in [4.78, 5) is 30.0. The molecule has 0 unspecified atom stereocenters. The lowest BCUT2D eigenvalue weighted by molar-refractivity contribution is 0.0697. The first-order valence-corrected chi connectivity index (χ1v) is 7.56. The number of carboxylic acids is 1. The van der Waals surface area contributed by atoms with E-state index in [-0.39, 0.29) is 11.5 Å². The molecule has 0 fully saturated rings. The number of carbonyl (C=O) groups is 2. The second-order valence-corrected chi connectivity index (χ2v) is 5.73. The van der Waals surface area contributed by atoms with Crippen molar-refractivity contribution in [3.05, 3.63) is 52.6 Å². The summed E-state index contributed by atoms with van der Waals surface area (Å²) in [5.74, 6) is 0.330. The zero-order chi connectivity index (χ0) is 17.7. The molecule has 4 rings (SSSR count). The van der Waals surface area contributed by atoms with Gasteiger partial charge in [0.25, 0.3) is 5.91 Å². The zero-order valence-corrected chi connectivity index (χ0v) is 13.6. The molecule has 25 heavy (non-hydrogen) atoms. The van der Waals surface area contributed by atoms with Crippen molar-refractivity contribution in [3.8, 4) is 11.5 Å². The molecule has 1 N–H and O–H groups in total. The van der Waals surface area contributed by atoms with Crippen LogP contribution in [-0.4, -0.2) is 41.9 Å². The summed E-state index contributed by atoms with van der Waals surface area (Å²) in [5.41, 5.74) is 2.60. The maximum Gasteiger partial charge on any atom is 0.335 e. The van der Waals surface area contributed by atoms with Crippen LogP contribution in [0.1, 0.15) is 31.8 Å². The van der Waals surface area contributed by atoms with E-state index < -0.39 is 5.97 Å². The van der Waals surface area contributed by atoms with Crippen LogP contribution in [0, 0.1) is 0 Å². The summed E-state index contributed by atoms with van der Waals surface area (Å²) >= 11 is 0. The summed E-state index contributed by atoms with van der Waals surface area (Å²) < 4.78 is 10.6. The summed E-state index contributed by atoms with van der Waals surface area (Å²) in [7, 11) is 3.10. The lowest BCUT2D eigenvalue weighted by Gasteiger charge is -2.24. The van der Waals surface area contributed by atoms with Crippen molar-refractivity contribution in [2.24, 2.45) is 4.99 Å². The van der Waals surface area contributed by atoms with Crippen LogP contribution in [0.4, 0.5) is 5.69 Å². The Labute approximate surface area is 143 Å². The molecule has 0 aliphatic carbocycles. The molecule has 7 heteroatoms. The largest absolute Gasteiger partial charge is 0.493 e. The molecule has 0 aromatic heterocycles. The van der Waals surface area contributed by atoms with Gasteiger partial charge in [0.2, 0.25) is 0 Å². The van der Waals surface area contributed by atoms with Crippen LogP contribution in [0.5, 0.6) is 11.5 Å². The number of amides is 1. The van der Waals surface area contributed by atoms with Gasteiger partial charge in [-0.05, 0) is 24.3 Å². The molecule has 7 nitrogen and oxygen atoms in total. The number of hydrogen-bond donors (Lipinski definition) is 1. The van der Waals surface area contributed by atoms with Gasteiger partial charge in [0.05, 0.1) is 37.6 Å². The number of amidine groups is 1. The van der Waals surface area contributed by atoms with E-state index in [4.69, 9.17) is 14.6 Å². The SMILES string of the molecule is COc1cc2c(cc1OC)N=C1c3ccc(C(=O)O)cc3C(=O)N1C2. The summed E-state index contributed by atoms with van der Waals surface area (Å²) in [6.45, 7) is 0.338. The van der Waals surface area contributed by atoms with Crippen molar-refractivity contribution in [2.75, 3.05) is 14.2 Å². The minimum absolute atomic E-state index is 0.0772. The number of hydrogen-bond acceptors (Lipinski definition) is 5. The number of carboxylic acid groups (broad SMARTS) is 1.